The number of hydrogen-bond acceptors (Lipinski definition) is 4. The van der Waals surface area contributed by atoms with Crippen molar-refractivity contribution < 1.29 is 0 Å². The molecule has 0 bridgehead atoms. The Kier molecular flexibility index (Phi) is 5.02. The van der Waals surface area contributed by atoms with E-state index in [-0.39, 0.29) is 5.82 Å². The molecular weight excluding hydrogens is 158 g/mol. The molecule has 0 aromatic rings. The van der Waals surface area contributed by atoms with E-state index < -0.39 is 0 Å². The molecule has 0 atom stereocenters. The first kappa shape index (κ1) is 9.84. The quantitative estimate of drug-likeness (QED) is 0.621. The lowest BCUT2D eigenvalue weighted by molar-refractivity contribution is 1.21. The molecule has 0 amide bonds. The Balaban J connectivity index is 4.35. The van der Waals surface area contributed by atoms with Gasteiger partial charge in [0.2, 0.25) is 0 Å². The van der Waals surface area contributed by atoms with E-state index in [0.717, 1.165) is 0 Å². The maximum Gasteiger partial charge on any atom is 0.140 e. The van der Waals surface area contributed by atoms with Crippen molar-refractivity contribution >= 4 is 18.0 Å². The molecule has 0 aliphatic rings. The molecule has 0 fully saturated rings. The molecule has 3 nitrogen and oxygen atoms in total. The second-order valence-electron chi connectivity index (χ2n) is 1.56. The van der Waals surface area contributed by atoms with Crippen molar-refractivity contribution in [3.05, 3.63) is 35.5 Å². The maximum absolute atomic E-state index is 5.30. The van der Waals surface area contributed by atoms with Crippen molar-refractivity contribution in [2.24, 2.45) is 16.5 Å². The Morgan fingerprint density at radius 1 is 1.36 bits per heavy atom. The van der Waals surface area contributed by atoms with Gasteiger partial charge in [0.15, 0.2) is 0 Å². The molecule has 0 saturated carbocycles. The third-order valence-corrected chi connectivity index (χ3v) is 1.47. The van der Waals surface area contributed by atoms with Gasteiger partial charge in [-0.1, -0.05) is 31.0 Å². The van der Waals surface area contributed by atoms with Gasteiger partial charge in [-0.3, -0.25) is 0 Å². The van der Waals surface area contributed by atoms with Gasteiger partial charge in [0.05, 0.1) is 0 Å². The lowest BCUT2D eigenvalue weighted by Gasteiger charge is -1.97. The number of thioether (sulfide) groups is 1. The summed E-state index contributed by atoms with van der Waals surface area (Å²) < 4.78 is 0. The van der Waals surface area contributed by atoms with E-state index >= 15 is 0 Å². The molecule has 4 N–H and O–H groups in total. The van der Waals surface area contributed by atoms with Crippen LogP contribution in [-0.2, 0) is 0 Å². The minimum atomic E-state index is 0.188. The fourth-order valence-electron chi connectivity index (χ4n) is 0.372. The van der Waals surface area contributed by atoms with E-state index in [2.05, 4.69) is 18.2 Å². The van der Waals surface area contributed by atoms with Crippen LogP contribution in [0.25, 0.3) is 0 Å². The Morgan fingerprint density at radius 3 is 2.36 bits per heavy atom. The minimum absolute atomic E-state index is 0.188. The van der Waals surface area contributed by atoms with E-state index in [0.29, 0.717) is 5.03 Å². The SMILES string of the molecule is C=CC=NC(SC=C)=C(N)N. The smallest absolute Gasteiger partial charge is 0.140 e. The highest BCUT2D eigenvalue weighted by Gasteiger charge is 1.94. The molecule has 0 saturated heterocycles. The standard InChI is InChI=1S/C7H11N3S/c1-3-5-10-7(6(8)9)11-4-2/h3-5H,1-2,8-9H2. The van der Waals surface area contributed by atoms with Gasteiger partial charge in [0, 0.05) is 6.21 Å². The van der Waals surface area contributed by atoms with Gasteiger partial charge in [-0.15, -0.1) is 0 Å². The van der Waals surface area contributed by atoms with E-state index in [9.17, 15) is 0 Å². The zero-order valence-electron chi connectivity index (χ0n) is 6.16. The summed E-state index contributed by atoms with van der Waals surface area (Å²) in [6.07, 6.45) is 3.07. The second kappa shape index (κ2) is 5.61. The summed E-state index contributed by atoms with van der Waals surface area (Å²) in [5.41, 5.74) is 10.6. The van der Waals surface area contributed by atoms with Crippen molar-refractivity contribution in [3.8, 4) is 0 Å². The average molecular weight is 169 g/mol. The molecule has 0 heterocycles. The van der Waals surface area contributed by atoms with Crippen LogP contribution in [-0.4, -0.2) is 6.21 Å². The fraction of sp³-hybridized carbons (Fsp3) is 0. The first-order valence-corrected chi connectivity index (χ1v) is 3.78. The van der Waals surface area contributed by atoms with Crippen LogP contribution in [0.2, 0.25) is 0 Å². The molecule has 0 unspecified atom stereocenters. The minimum Gasteiger partial charge on any atom is -0.383 e. The fourth-order valence-corrected chi connectivity index (χ4v) is 0.788. The van der Waals surface area contributed by atoms with Gasteiger partial charge in [0.1, 0.15) is 10.9 Å². The summed E-state index contributed by atoms with van der Waals surface area (Å²) in [6.45, 7) is 6.97. The summed E-state index contributed by atoms with van der Waals surface area (Å²) >= 11 is 1.27. The van der Waals surface area contributed by atoms with Crippen LogP contribution in [0.4, 0.5) is 0 Å². The number of rotatable bonds is 4. The van der Waals surface area contributed by atoms with Crippen LogP contribution in [0, 0.1) is 0 Å². The third-order valence-electron chi connectivity index (χ3n) is 0.739. The highest BCUT2D eigenvalue weighted by Crippen LogP contribution is 2.17. The molecule has 0 rings (SSSR count). The van der Waals surface area contributed by atoms with E-state index in [4.69, 9.17) is 11.5 Å². The topological polar surface area (TPSA) is 64.4 Å². The molecule has 0 aromatic heterocycles. The van der Waals surface area contributed by atoms with E-state index in [1.807, 2.05) is 0 Å². The third kappa shape index (κ3) is 4.27. The number of aliphatic imine (C=N–C) groups is 1. The maximum atomic E-state index is 5.30. The van der Waals surface area contributed by atoms with Gasteiger partial charge in [-0.2, -0.15) is 0 Å². The molecular formula is C7H11N3S. The Bertz CT molecular complexity index is 202. The summed E-state index contributed by atoms with van der Waals surface area (Å²) in [7, 11) is 0. The van der Waals surface area contributed by atoms with Crippen molar-refractivity contribution in [1.82, 2.24) is 0 Å². The first-order valence-electron chi connectivity index (χ1n) is 2.90. The lowest BCUT2D eigenvalue weighted by Crippen LogP contribution is -2.09. The van der Waals surface area contributed by atoms with Gasteiger partial charge >= 0.3 is 0 Å². The molecule has 0 aliphatic carbocycles. The van der Waals surface area contributed by atoms with Crippen molar-refractivity contribution in [2.45, 2.75) is 0 Å². The van der Waals surface area contributed by atoms with Crippen molar-refractivity contribution in [3.63, 3.8) is 0 Å². The molecule has 0 spiro atoms. The number of nitrogens with zero attached hydrogens (tertiary/aromatic N) is 1. The number of nitrogens with two attached hydrogens (primary N) is 2. The highest BCUT2D eigenvalue weighted by molar-refractivity contribution is 8.05. The summed E-state index contributed by atoms with van der Waals surface area (Å²) in [5, 5.41) is 2.15. The second-order valence-corrected chi connectivity index (χ2v) is 2.51. The largest absolute Gasteiger partial charge is 0.383 e. The Hall–Kier alpha value is -1.16. The summed E-state index contributed by atoms with van der Waals surface area (Å²) in [6, 6.07) is 0. The van der Waals surface area contributed by atoms with Gasteiger partial charge in [0.25, 0.3) is 0 Å². The monoisotopic (exact) mass is 169 g/mol. The normalized spacial score (nSPS) is 9.45. The first-order chi connectivity index (χ1) is 5.22. The van der Waals surface area contributed by atoms with Crippen LogP contribution in [0.3, 0.4) is 0 Å². The molecule has 0 radical (unpaired) electrons. The Morgan fingerprint density at radius 2 is 2.00 bits per heavy atom. The van der Waals surface area contributed by atoms with Crippen molar-refractivity contribution in [2.75, 3.05) is 0 Å². The number of hydrogen-bond donors (Lipinski definition) is 2. The van der Waals surface area contributed by atoms with Crippen LogP contribution >= 0.6 is 11.8 Å². The predicted molar refractivity (Wildman–Crippen MR) is 51.9 cm³/mol. The number of allylic oxidation sites excluding steroid dienone is 1. The molecule has 0 aliphatic heterocycles. The summed E-state index contributed by atoms with van der Waals surface area (Å²) in [5.74, 6) is 0.188. The van der Waals surface area contributed by atoms with Crippen LogP contribution < -0.4 is 11.5 Å². The van der Waals surface area contributed by atoms with E-state index in [1.54, 1.807) is 11.5 Å². The van der Waals surface area contributed by atoms with Gasteiger partial charge in [-0.05, 0) is 5.41 Å². The van der Waals surface area contributed by atoms with Gasteiger partial charge in [-0.25, -0.2) is 4.99 Å². The van der Waals surface area contributed by atoms with Crippen molar-refractivity contribution in [1.29, 1.82) is 0 Å². The van der Waals surface area contributed by atoms with Crippen LogP contribution in [0.15, 0.2) is 40.5 Å². The van der Waals surface area contributed by atoms with E-state index in [1.165, 1.54) is 18.0 Å². The van der Waals surface area contributed by atoms with Crippen LogP contribution in [0.5, 0.6) is 0 Å². The summed E-state index contributed by atoms with van der Waals surface area (Å²) in [4.78, 5) is 3.91. The molecule has 11 heavy (non-hydrogen) atoms. The predicted octanol–water partition coefficient (Wildman–Crippen LogP) is 1.16. The average Bonchev–Trinajstić information content (AvgIpc) is 1.97. The van der Waals surface area contributed by atoms with Gasteiger partial charge < -0.3 is 11.5 Å². The molecule has 4 heteroatoms. The lowest BCUT2D eigenvalue weighted by atomic mass is 10.7. The molecule has 60 valence electrons. The molecule has 0 aromatic carbocycles. The Labute approximate surface area is 70.6 Å². The zero-order chi connectivity index (χ0) is 8.69. The van der Waals surface area contributed by atoms with Crippen LogP contribution in [0.1, 0.15) is 0 Å². The highest BCUT2D eigenvalue weighted by atomic mass is 32.2. The zero-order valence-corrected chi connectivity index (χ0v) is 6.97.